The van der Waals surface area contributed by atoms with E-state index in [1.165, 1.54) is 0 Å². The Labute approximate surface area is 169 Å². The van der Waals surface area contributed by atoms with Gasteiger partial charge >= 0.3 is 0 Å². The first-order valence-corrected chi connectivity index (χ1v) is 9.16. The number of halogens is 1. The van der Waals surface area contributed by atoms with E-state index in [4.69, 9.17) is 22.1 Å². The summed E-state index contributed by atoms with van der Waals surface area (Å²) in [5, 5.41) is 19.6. The van der Waals surface area contributed by atoms with Crippen LogP contribution in [-0.2, 0) is 0 Å². The first-order valence-electron chi connectivity index (χ1n) is 8.78. The second-order valence-corrected chi connectivity index (χ2v) is 7.27. The van der Waals surface area contributed by atoms with Gasteiger partial charge in [-0.15, -0.1) is 0 Å². The van der Waals surface area contributed by atoms with Crippen molar-refractivity contribution >= 4 is 34.6 Å². The number of fused-ring (bicyclic) bond motifs is 1. The van der Waals surface area contributed by atoms with Crippen LogP contribution in [0.1, 0.15) is 48.7 Å². The molecule has 3 rings (SSSR count). The van der Waals surface area contributed by atoms with Crippen molar-refractivity contribution in [1.29, 1.82) is 10.5 Å². The van der Waals surface area contributed by atoms with Crippen molar-refractivity contribution in [1.82, 2.24) is 4.98 Å². The van der Waals surface area contributed by atoms with Gasteiger partial charge in [0.2, 0.25) is 0 Å². The maximum absolute atomic E-state index is 9.62. The van der Waals surface area contributed by atoms with E-state index in [9.17, 15) is 10.5 Å². The average Bonchev–Trinajstić information content (AvgIpc) is 2.88. The molecule has 0 aliphatic heterocycles. The van der Waals surface area contributed by atoms with Gasteiger partial charge in [-0.3, -0.25) is 0 Å². The molecule has 6 heteroatoms. The zero-order valence-corrected chi connectivity index (χ0v) is 16.8. The summed E-state index contributed by atoms with van der Waals surface area (Å²) in [6.07, 6.45) is 1.96. The van der Waals surface area contributed by atoms with E-state index in [1.54, 1.807) is 0 Å². The van der Waals surface area contributed by atoms with Crippen LogP contribution < -0.4 is 10.5 Å². The van der Waals surface area contributed by atoms with E-state index in [-0.39, 0.29) is 11.9 Å². The molecule has 0 bridgehead atoms. The highest BCUT2D eigenvalue weighted by Gasteiger charge is 2.29. The molecule has 1 aromatic heterocycles. The maximum Gasteiger partial charge on any atom is 0.142 e. The van der Waals surface area contributed by atoms with Crippen molar-refractivity contribution < 1.29 is 4.74 Å². The molecule has 0 radical (unpaired) electrons. The van der Waals surface area contributed by atoms with Crippen LogP contribution in [-0.4, -0.2) is 11.1 Å². The predicted molar refractivity (Wildman–Crippen MR) is 111 cm³/mol. The van der Waals surface area contributed by atoms with Crippen molar-refractivity contribution in [3.8, 4) is 17.9 Å². The quantitative estimate of drug-likeness (QED) is 0.783. The van der Waals surface area contributed by atoms with Gasteiger partial charge in [-0.25, -0.2) is 4.98 Å². The molecule has 0 unspecified atom stereocenters. The molecule has 1 aliphatic carbocycles. The highest BCUT2D eigenvalue weighted by molar-refractivity contribution is 6.32. The van der Waals surface area contributed by atoms with E-state index in [1.807, 2.05) is 52.0 Å². The van der Waals surface area contributed by atoms with Gasteiger partial charge in [-0.1, -0.05) is 17.7 Å². The summed E-state index contributed by atoms with van der Waals surface area (Å²) in [6.45, 7) is 7.57. The Morgan fingerprint density at radius 3 is 2.50 bits per heavy atom. The molecular weight excluding hydrogens is 372 g/mol. The minimum atomic E-state index is 0.0235. The van der Waals surface area contributed by atoms with E-state index in [2.05, 4.69) is 17.1 Å². The molecule has 2 N–H and O–H groups in total. The summed E-state index contributed by atoms with van der Waals surface area (Å²) in [5.74, 6) is 0.756. The summed E-state index contributed by atoms with van der Waals surface area (Å²) >= 11 is 6.36. The summed E-state index contributed by atoms with van der Waals surface area (Å²) < 4.78 is 5.68. The third-order valence-electron chi connectivity index (χ3n) is 4.61. The van der Waals surface area contributed by atoms with Crippen LogP contribution in [0.5, 0.6) is 5.75 Å². The normalized spacial score (nSPS) is 14.2. The van der Waals surface area contributed by atoms with Crippen LogP contribution in [0.25, 0.3) is 17.2 Å². The number of allylic oxidation sites excluding steroid dienone is 3. The molecule has 28 heavy (non-hydrogen) atoms. The molecular formula is C22H19ClN4O. The van der Waals surface area contributed by atoms with Gasteiger partial charge in [-0.05, 0) is 68.2 Å². The molecule has 0 atom stereocenters. The van der Waals surface area contributed by atoms with Gasteiger partial charge < -0.3 is 10.5 Å². The van der Waals surface area contributed by atoms with Crippen molar-refractivity contribution in [2.45, 2.75) is 33.8 Å². The Kier molecular flexibility index (Phi) is 5.14. The van der Waals surface area contributed by atoms with E-state index < -0.39 is 0 Å². The molecule has 2 aromatic rings. The fraction of sp³-hybridized carbons (Fsp3) is 0.227. The van der Waals surface area contributed by atoms with Crippen LogP contribution in [0, 0.1) is 29.6 Å². The zero-order valence-electron chi connectivity index (χ0n) is 16.1. The molecule has 0 fully saturated rings. The predicted octanol–water partition coefficient (Wildman–Crippen LogP) is 5.14. The molecule has 1 aromatic carbocycles. The topological polar surface area (TPSA) is 95.7 Å². The van der Waals surface area contributed by atoms with Crippen LogP contribution in [0.2, 0.25) is 5.02 Å². The van der Waals surface area contributed by atoms with Crippen LogP contribution in [0.4, 0.5) is 5.82 Å². The van der Waals surface area contributed by atoms with Crippen LogP contribution in [0.3, 0.4) is 0 Å². The van der Waals surface area contributed by atoms with Gasteiger partial charge in [0, 0.05) is 5.56 Å². The highest BCUT2D eigenvalue weighted by atomic mass is 35.5. The summed E-state index contributed by atoms with van der Waals surface area (Å²) in [4.78, 5) is 4.33. The van der Waals surface area contributed by atoms with E-state index in [0.717, 1.165) is 22.3 Å². The summed E-state index contributed by atoms with van der Waals surface area (Å²) in [5.41, 5.74) is 11.2. The molecule has 0 spiro atoms. The Morgan fingerprint density at radius 1 is 1.21 bits per heavy atom. The number of nitriles is 2. The smallest absolute Gasteiger partial charge is 0.142 e. The number of ether oxygens (including phenoxy) is 1. The number of aromatic nitrogens is 1. The highest BCUT2D eigenvalue weighted by Crippen LogP contribution is 2.44. The molecule has 0 amide bonds. The number of anilines is 1. The third kappa shape index (κ3) is 3.22. The van der Waals surface area contributed by atoms with Crippen LogP contribution in [0.15, 0.2) is 23.8 Å². The lowest BCUT2D eigenvalue weighted by Gasteiger charge is -2.13. The lowest BCUT2D eigenvalue weighted by Crippen LogP contribution is -2.05. The molecule has 1 aliphatic rings. The Hall–Kier alpha value is -3.28. The van der Waals surface area contributed by atoms with E-state index in [0.29, 0.717) is 33.2 Å². The minimum Gasteiger partial charge on any atom is -0.489 e. The molecule has 1 heterocycles. The number of benzene rings is 1. The Bertz CT molecular complexity index is 1130. The van der Waals surface area contributed by atoms with Gasteiger partial charge in [0.25, 0.3) is 0 Å². The Morgan fingerprint density at radius 2 is 1.93 bits per heavy atom. The first kappa shape index (κ1) is 19.5. The second kappa shape index (κ2) is 7.38. The lowest BCUT2D eigenvalue weighted by molar-refractivity contribution is 0.242. The fourth-order valence-electron chi connectivity index (χ4n) is 3.32. The monoisotopic (exact) mass is 390 g/mol. The van der Waals surface area contributed by atoms with Crippen molar-refractivity contribution in [2.75, 3.05) is 5.73 Å². The number of rotatable bonds is 3. The second-order valence-electron chi connectivity index (χ2n) is 6.86. The van der Waals surface area contributed by atoms with Gasteiger partial charge in [0.05, 0.1) is 28.0 Å². The largest absolute Gasteiger partial charge is 0.489 e. The number of nitrogens with two attached hydrogens (primary N) is 1. The van der Waals surface area contributed by atoms with Crippen molar-refractivity contribution in [2.24, 2.45) is 0 Å². The molecule has 0 saturated carbocycles. The van der Waals surface area contributed by atoms with Gasteiger partial charge in [0.15, 0.2) is 0 Å². The SMILES string of the molecule is CC1=C(C#N)c2nc(N)c(C#N)c(C)c2/C1=C\c1ccc(OC(C)C)c(Cl)c1. The number of nitrogens with zero attached hydrogens (tertiary/aromatic N) is 3. The molecule has 5 nitrogen and oxygen atoms in total. The maximum atomic E-state index is 9.62. The van der Waals surface area contributed by atoms with E-state index >= 15 is 0 Å². The molecule has 140 valence electrons. The van der Waals surface area contributed by atoms with Gasteiger partial charge in [0.1, 0.15) is 23.7 Å². The number of pyridine rings is 1. The third-order valence-corrected chi connectivity index (χ3v) is 4.91. The van der Waals surface area contributed by atoms with Crippen molar-refractivity contribution in [3.63, 3.8) is 0 Å². The average molecular weight is 391 g/mol. The summed E-state index contributed by atoms with van der Waals surface area (Å²) in [6, 6.07) is 9.86. The number of hydrogen-bond acceptors (Lipinski definition) is 5. The number of nitrogen functional groups attached to an aromatic ring is 1. The van der Waals surface area contributed by atoms with Crippen molar-refractivity contribution in [3.05, 3.63) is 56.7 Å². The summed E-state index contributed by atoms with van der Waals surface area (Å²) in [7, 11) is 0. The first-order chi connectivity index (χ1) is 13.3. The lowest BCUT2D eigenvalue weighted by atomic mass is 9.95. The zero-order chi connectivity index (χ0) is 20.6. The van der Waals surface area contributed by atoms with Crippen LogP contribution >= 0.6 is 11.6 Å². The molecule has 0 saturated heterocycles. The fourth-order valence-corrected chi connectivity index (χ4v) is 3.55. The standard InChI is InChI=1S/C22H19ClN4O/c1-11(2)28-19-6-5-14(8-18(19)23)7-15-12(3)16(9-24)21-20(15)13(4)17(10-25)22(26)27-21/h5-8,11H,1-4H3,(H2,26,27)/b15-7-. The number of hydrogen-bond donors (Lipinski definition) is 1. The van der Waals surface area contributed by atoms with Gasteiger partial charge in [-0.2, -0.15) is 10.5 Å². The Balaban J connectivity index is 2.19. The minimum absolute atomic E-state index is 0.0235.